The summed E-state index contributed by atoms with van der Waals surface area (Å²) < 4.78 is 12.4. The molecule has 2 heteroatoms. The largest absolute Gasteiger partial charge is 0.492 e. The van der Waals surface area contributed by atoms with Crippen LogP contribution in [-0.4, -0.2) is 7.11 Å². The molecular formula is C30H29O2. The molecule has 0 amide bonds. The SMILES string of the molecule is CCc1[c]c(-c2ccc(C)cc2)c(-c2ccc(C)cc2)c(OC)c1OCc1ccccc1. The van der Waals surface area contributed by atoms with E-state index in [0.29, 0.717) is 6.61 Å². The molecule has 4 aromatic rings. The quantitative estimate of drug-likeness (QED) is 0.306. The molecule has 0 aliphatic rings. The second-order valence-electron chi connectivity index (χ2n) is 8.08. The highest BCUT2D eigenvalue weighted by Gasteiger charge is 2.22. The fourth-order valence-electron chi connectivity index (χ4n) is 3.89. The standard InChI is InChI=1S/C30H29O2/c1-5-24-19-27(25-15-11-21(2)12-16-25)28(26-17-13-22(3)14-18-26)30(31-4)29(24)32-20-23-9-7-6-8-10-23/h6-18H,5,20H2,1-4H3. The third-order valence-electron chi connectivity index (χ3n) is 5.70. The maximum Gasteiger partial charge on any atom is 0.169 e. The van der Waals surface area contributed by atoms with Crippen LogP contribution in [0, 0.1) is 19.9 Å². The summed E-state index contributed by atoms with van der Waals surface area (Å²) in [6.07, 6.45) is 0.799. The third-order valence-corrected chi connectivity index (χ3v) is 5.70. The minimum atomic E-state index is 0.481. The summed E-state index contributed by atoms with van der Waals surface area (Å²) >= 11 is 0. The second-order valence-corrected chi connectivity index (χ2v) is 8.08. The molecule has 0 atom stereocenters. The van der Waals surface area contributed by atoms with Gasteiger partial charge in [0, 0.05) is 16.7 Å². The van der Waals surface area contributed by atoms with E-state index in [0.717, 1.165) is 51.3 Å². The average molecular weight is 422 g/mol. The van der Waals surface area contributed by atoms with E-state index in [2.05, 4.69) is 87.5 Å². The summed E-state index contributed by atoms with van der Waals surface area (Å²) in [6, 6.07) is 31.0. The van der Waals surface area contributed by atoms with Gasteiger partial charge in [0.1, 0.15) is 6.61 Å². The minimum Gasteiger partial charge on any atom is -0.492 e. The van der Waals surface area contributed by atoms with Gasteiger partial charge in [0.25, 0.3) is 0 Å². The zero-order valence-corrected chi connectivity index (χ0v) is 19.2. The van der Waals surface area contributed by atoms with Crippen molar-refractivity contribution in [1.82, 2.24) is 0 Å². The molecule has 0 aliphatic heterocycles. The number of rotatable bonds is 7. The molecule has 0 bridgehead atoms. The van der Waals surface area contributed by atoms with Crippen molar-refractivity contribution in [2.45, 2.75) is 33.8 Å². The molecule has 0 heterocycles. The van der Waals surface area contributed by atoms with Gasteiger partial charge in [-0.3, -0.25) is 0 Å². The van der Waals surface area contributed by atoms with Gasteiger partial charge in [-0.05, 0) is 43.0 Å². The number of ether oxygens (including phenoxy) is 2. The average Bonchev–Trinajstić information content (AvgIpc) is 2.83. The van der Waals surface area contributed by atoms with Crippen molar-refractivity contribution in [2.75, 3.05) is 7.11 Å². The predicted octanol–water partition coefficient (Wildman–Crippen LogP) is 7.59. The van der Waals surface area contributed by atoms with Crippen LogP contribution in [0.2, 0.25) is 0 Å². The molecule has 2 nitrogen and oxygen atoms in total. The van der Waals surface area contributed by atoms with Gasteiger partial charge < -0.3 is 9.47 Å². The zero-order chi connectivity index (χ0) is 22.5. The first kappa shape index (κ1) is 21.7. The van der Waals surface area contributed by atoms with Gasteiger partial charge in [-0.1, -0.05) is 96.9 Å². The fraction of sp³-hybridized carbons (Fsp3) is 0.200. The Hall–Kier alpha value is -3.52. The molecule has 0 fully saturated rings. The molecule has 0 N–H and O–H groups in total. The Morgan fingerprint density at radius 2 is 1.31 bits per heavy atom. The highest BCUT2D eigenvalue weighted by molar-refractivity contribution is 5.90. The van der Waals surface area contributed by atoms with Crippen LogP contribution in [-0.2, 0) is 13.0 Å². The smallest absolute Gasteiger partial charge is 0.169 e. The van der Waals surface area contributed by atoms with E-state index in [1.165, 1.54) is 11.1 Å². The van der Waals surface area contributed by atoms with E-state index in [1.54, 1.807) is 7.11 Å². The maximum atomic E-state index is 6.38. The predicted molar refractivity (Wildman–Crippen MR) is 132 cm³/mol. The van der Waals surface area contributed by atoms with Crippen molar-refractivity contribution in [3.8, 4) is 33.8 Å². The number of methoxy groups -OCH3 is 1. The van der Waals surface area contributed by atoms with Crippen LogP contribution in [0.1, 0.15) is 29.2 Å². The van der Waals surface area contributed by atoms with Gasteiger partial charge in [0.05, 0.1) is 7.11 Å². The van der Waals surface area contributed by atoms with Gasteiger partial charge >= 0.3 is 0 Å². The Morgan fingerprint density at radius 1 is 0.719 bits per heavy atom. The molecule has 0 aromatic heterocycles. The van der Waals surface area contributed by atoms with Crippen molar-refractivity contribution in [3.05, 3.63) is 107 Å². The summed E-state index contributed by atoms with van der Waals surface area (Å²) in [5, 5.41) is 0. The highest BCUT2D eigenvalue weighted by Crippen LogP contribution is 2.47. The number of benzene rings is 4. The van der Waals surface area contributed by atoms with Crippen molar-refractivity contribution in [3.63, 3.8) is 0 Å². The lowest BCUT2D eigenvalue weighted by molar-refractivity contribution is 0.282. The summed E-state index contributed by atoms with van der Waals surface area (Å²) in [6.45, 7) is 6.82. The maximum absolute atomic E-state index is 6.38. The molecule has 32 heavy (non-hydrogen) atoms. The van der Waals surface area contributed by atoms with E-state index in [-0.39, 0.29) is 0 Å². The summed E-state index contributed by atoms with van der Waals surface area (Å²) in [7, 11) is 1.72. The van der Waals surface area contributed by atoms with Crippen LogP contribution in [0.3, 0.4) is 0 Å². The number of hydrogen-bond donors (Lipinski definition) is 0. The Bertz CT molecular complexity index is 1170. The first-order chi connectivity index (χ1) is 15.6. The van der Waals surface area contributed by atoms with E-state index < -0.39 is 0 Å². The first-order valence-corrected chi connectivity index (χ1v) is 11.1. The molecule has 4 aromatic carbocycles. The summed E-state index contributed by atoms with van der Waals surface area (Å²) in [5.41, 5.74) is 8.85. The van der Waals surface area contributed by atoms with Crippen LogP contribution in [0.25, 0.3) is 22.3 Å². The fourth-order valence-corrected chi connectivity index (χ4v) is 3.89. The minimum absolute atomic E-state index is 0.481. The lowest BCUT2D eigenvalue weighted by Crippen LogP contribution is -2.04. The topological polar surface area (TPSA) is 18.5 Å². The van der Waals surface area contributed by atoms with Crippen LogP contribution >= 0.6 is 0 Å². The van der Waals surface area contributed by atoms with Crippen LogP contribution in [0.5, 0.6) is 11.5 Å². The molecule has 161 valence electrons. The molecule has 0 unspecified atom stereocenters. The Kier molecular flexibility index (Phi) is 6.61. The van der Waals surface area contributed by atoms with Crippen molar-refractivity contribution in [2.24, 2.45) is 0 Å². The number of aryl methyl sites for hydroxylation is 3. The van der Waals surface area contributed by atoms with Gasteiger partial charge in [-0.25, -0.2) is 0 Å². The van der Waals surface area contributed by atoms with Gasteiger partial charge in [0.15, 0.2) is 11.5 Å². The lowest BCUT2D eigenvalue weighted by Gasteiger charge is -2.22. The molecule has 0 spiro atoms. The second kappa shape index (κ2) is 9.74. The summed E-state index contributed by atoms with van der Waals surface area (Å²) in [4.78, 5) is 0. The van der Waals surface area contributed by atoms with Crippen LogP contribution < -0.4 is 9.47 Å². The van der Waals surface area contributed by atoms with Crippen molar-refractivity contribution < 1.29 is 9.47 Å². The zero-order valence-electron chi connectivity index (χ0n) is 19.2. The summed E-state index contributed by atoms with van der Waals surface area (Å²) in [5.74, 6) is 1.53. The Morgan fingerprint density at radius 3 is 1.88 bits per heavy atom. The Labute approximate surface area is 191 Å². The van der Waals surface area contributed by atoms with E-state index in [4.69, 9.17) is 9.47 Å². The van der Waals surface area contributed by atoms with Crippen molar-refractivity contribution in [1.29, 1.82) is 0 Å². The van der Waals surface area contributed by atoms with E-state index in [1.807, 2.05) is 18.2 Å². The van der Waals surface area contributed by atoms with E-state index in [9.17, 15) is 0 Å². The van der Waals surface area contributed by atoms with Gasteiger partial charge in [-0.2, -0.15) is 0 Å². The highest BCUT2D eigenvalue weighted by atomic mass is 16.5. The molecule has 4 rings (SSSR count). The van der Waals surface area contributed by atoms with Gasteiger partial charge in [0.2, 0.25) is 0 Å². The molecule has 0 saturated carbocycles. The Balaban J connectivity index is 1.91. The normalized spacial score (nSPS) is 10.8. The molecule has 0 saturated heterocycles. The molecule has 0 aliphatic carbocycles. The van der Waals surface area contributed by atoms with Gasteiger partial charge in [-0.15, -0.1) is 0 Å². The van der Waals surface area contributed by atoms with Crippen LogP contribution in [0.4, 0.5) is 0 Å². The monoisotopic (exact) mass is 421 g/mol. The van der Waals surface area contributed by atoms with Crippen molar-refractivity contribution >= 4 is 0 Å². The molecule has 1 radical (unpaired) electrons. The number of hydrogen-bond acceptors (Lipinski definition) is 2. The van der Waals surface area contributed by atoms with E-state index >= 15 is 0 Å². The third kappa shape index (κ3) is 4.55. The van der Waals surface area contributed by atoms with Crippen LogP contribution in [0.15, 0.2) is 78.9 Å². The molecular weight excluding hydrogens is 392 g/mol. The lowest BCUT2D eigenvalue weighted by atomic mass is 9.90. The first-order valence-electron chi connectivity index (χ1n) is 11.1.